The number of nitrogens with one attached hydrogen (secondary N) is 1. The van der Waals surface area contributed by atoms with E-state index in [0.29, 0.717) is 38.5 Å². The van der Waals surface area contributed by atoms with Crippen LogP contribution in [0.3, 0.4) is 0 Å². The van der Waals surface area contributed by atoms with E-state index in [2.05, 4.69) is 36.2 Å². The summed E-state index contributed by atoms with van der Waals surface area (Å²) < 4.78 is 32.6. The highest BCUT2D eigenvalue weighted by Gasteiger charge is 2.43. The van der Waals surface area contributed by atoms with Crippen LogP contribution in [0.25, 0.3) is 0 Å². The van der Waals surface area contributed by atoms with Crippen molar-refractivity contribution in [2.24, 2.45) is 5.41 Å². The number of carbonyl (C=O) groups excluding carboxylic acids is 1. The van der Waals surface area contributed by atoms with Crippen LogP contribution in [0.2, 0.25) is 0 Å². The number of unbranched alkanes of at least 4 members (excludes halogenated alkanes) is 2. The SMILES string of the molecule is CC(C)(C)OC(=O)C(c1cc(F)ccc1C1CCOCC1(C)C)N1CC(OCCCCCc2ccc3c(n2)NCCC3)C1. The zero-order valence-electron chi connectivity index (χ0n) is 26.7. The van der Waals surface area contributed by atoms with Crippen molar-refractivity contribution < 1.29 is 23.4 Å². The number of hydrogen-bond donors (Lipinski definition) is 1. The van der Waals surface area contributed by atoms with Crippen molar-refractivity contribution in [3.63, 3.8) is 0 Å². The van der Waals surface area contributed by atoms with E-state index in [1.807, 2.05) is 26.8 Å². The van der Waals surface area contributed by atoms with Gasteiger partial charge in [-0.2, -0.15) is 0 Å². The van der Waals surface area contributed by atoms with Gasteiger partial charge in [-0.3, -0.25) is 4.90 Å². The van der Waals surface area contributed by atoms with Gasteiger partial charge in [0.1, 0.15) is 23.3 Å². The first-order valence-corrected chi connectivity index (χ1v) is 16.2. The number of pyridine rings is 1. The largest absolute Gasteiger partial charge is 0.459 e. The molecule has 2 saturated heterocycles. The highest BCUT2D eigenvalue weighted by Crippen LogP contribution is 2.45. The van der Waals surface area contributed by atoms with Crippen LogP contribution in [-0.4, -0.2) is 67.0 Å². The highest BCUT2D eigenvalue weighted by atomic mass is 19.1. The minimum Gasteiger partial charge on any atom is -0.459 e. The molecule has 2 aromatic rings. The molecule has 0 saturated carbocycles. The number of likely N-dealkylation sites (tertiary alicyclic amines) is 1. The van der Waals surface area contributed by atoms with Crippen LogP contribution in [0.1, 0.15) is 101 Å². The van der Waals surface area contributed by atoms with E-state index >= 15 is 0 Å². The van der Waals surface area contributed by atoms with E-state index in [1.165, 1.54) is 24.1 Å². The second kappa shape index (κ2) is 13.6. The van der Waals surface area contributed by atoms with Gasteiger partial charge in [-0.1, -0.05) is 32.4 Å². The summed E-state index contributed by atoms with van der Waals surface area (Å²) in [7, 11) is 0. The molecule has 2 atom stereocenters. The molecule has 236 valence electrons. The summed E-state index contributed by atoms with van der Waals surface area (Å²) in [4.78, 5) is 20.6. The van der Waals surface area contributed by atoms with Crippen molar-refractivity contribution in [2.75, 3.05) is 44.8 Å². The number of aromatic nitrogens is 1. The number of ether oxygens (including phenoxy) is 3. The van der Waals surface area contributed by atoms with Gasteiger partial charge in [-0.25, -0.2) is 14.2 Å². The number of fused-ring (bicyclic) bond motifs is 1. The Balaban J connectivity index is 1.17. The molecule has 2 unspecified atom stereocenters. The van der Waals surface area contributed by atoms with E-state index in [4.69, 9.17) is 19.2 Å². The van der Waals surface area contributed by atoms with Crippen molar-refractivity contribution in [3.05, 3.63) is 58.5 Å². The summed E-state index contributed by atoms with van der Waals surface area (Å²) in [6.45, 7) is 14.2. The first kappa shape index (κ1) is 31.9. The van der Waals surface area contributed by atoms with Gasteiger partial charge in [0, 0.05) is 38.5 Å². The Labute approximate surface area is 256 Å². The summed E-state index contributed by atoms with van der Waals surface area (Å²) in [6.07, 6.45) is 7.30. The Bertz CT molecular complexity index is 1250. The Morgan fingerprint density at radius 2 is 2.00 bits per heavy atom. The first-order chi connectivity index (χ1) is 20.5. The van der Waals surface area contributed by atoms with Gasteiger partial charge in [-0.05, 0) is 106 Å². The van der Waals surface area contributed by atoms with Gasteiger partial charge in [0.15, 0.2) is 0 Å². The second-order valence-corrected chi connectivity index (χ2v) is 14.2. The van der Waals surface area contributed by atoms with Gasteiger partial charge in [0.2, 0.25) is 0 Å². The number of benzene rings is 1. The lowest BCUT2D eigenvalue weighted by molar-refractivity contribution is -0.168. The Morgan fingerprint density at radius 1 is 1.19 bits per heavy atom. The van der Waals surface area contributed by atoms with Crippen LogP contribution >= 0.6 is 0 Å². The summed E-state index contributed by atoms with van der Waals surface area (Å²) in [5.74, 6) is 0.539. The van der Waals surface area contributed by atoms with Crippen molar-refractivity contribution in [1.82, 2.24) is 9.88 Å². The predicted octanol–water partition coefficient (Wildman–Crippen LogP) is 6.61. The lowest BCUT2D eigenvalue weighted by Crippen LogP contribution is -2.56. The molecule has 0 bridgehead atoms. The molecule has 0 amide bonds. The van der Waals surface area contributed by atoms with Gasteiger partial charge in [0.05, 0.1) is 12.7 Å². The zero-order chi connectivity index (χ0) is 30.6. The average molecular weight is 596 g/mol. The van der Waals surface area contributed by atoms with Gasteiger partial charge in [-0.15, -0.1) is 0 Å². The van der Waals surface area contributed by atoms with Crippen LogP contribution in [0.5, 0.6) is 0 Å². The van der Waals surface area contributed by atoms with Crippen molar-refractivity contribution in [2.45, 2.75) is 103 Å². The second-order valence-electron chi connectivity index (χ2n) is 14.2. The molecule has 1 aromatic carbocycles. The third kappa shape index (κ3) is 8.14. The Morgan fingerprint density at radius 3 is 2.77 bits per heavy atom. The van der Waals surface area contributed by atoms with E-state index < -0.39 is 11.6 Å². The van der Waals surface area contributed by atoms with E-state index in [9.17, 15) is 9.18 Å². The molecule has 0 aliphatic carbocycles. The number of nitrogens with zero attached hydrogens (tertiary/aromatic N) is 2. The molecular weight excluding hydrogens is 545 g/mol. The molecule has 4 heterocycles. The topological polar surface area (TPSA) is 72.9 Å². The average Bonchev–Trinajstić information content (AvgIpc) is 2.92. The number of hydrogen-bond acceptors (Lipinski definition) is 7. The number of carbonyl (C=O) groups is 1. The predicted molar refractivity (Wildman–Crippen MR) is 167 cm³/mol. The van der Waals surface area contributed by atoms with Gasteiger partial charge >= 0.3 is 5.97 Å². The number of aryl methyl sites for hydroxylation is 2. The van der Waals surface area contributed by atoms with Crippen LogP contribution in [0, 0.1) is 11.2 Å². The molecule has 0 radical (unpaired) electrons. The Kier molecular flexibility index (Phi) is 10.1. The van der Waals surface area contributed by atoms with Crippen LogP contribution in [-0.2, 0) is 31.8 Å². The van der Waals surface area contributed by atoms with Gasteiger partial charge < -0.3 is 19.5 Å². The molecular formula is C35H50FN3O4. The summed E-state index contributed by atoms with van der Waals surface area (Å²) in [6, 6.07) is 8.62. The fourth-order valence-corrected chi connectivity index (χ4v) is 6.66. The fraction of sp³-hybridized carbons (Fsp3) is 0.657. The third-order valence-electron chi connectivity index (χ3n) is 8.94. The van der Waals surface area contributed by atoms with Crippen LogP contribution in [0.4, 0.5) is 10.2 Å². The lowest BCUT2D eigenvalue weighted by atomic mass is 9.70. The Hall–Kier alpha value is -2.55. The maximum atomic E-state index is 14.8. The fourth-order valence-electron chi connectivity index (χ4n) is 6.66. The molecule has 3 aliphatic rings. The number of rotatable bonds is 11. The van der Waals surface area contributed by atoms with Crippen molar-refractivity contribution in [3.8, 4) is 0 Å². The molecule has 5 rings (SSSR count). The number of anilines is 1. The van der Waals surface area contributed by atoms with Crippen LogP contribution in [0.15, 0.2) is 30.3 Å². The molecule has 7 nitrogen and oxygen atoms in total. The van der Waals surface area contributed by atoms with Gasteiger partial charge in [0.25, 0.3) is 0 Å². The molecule has 0 spiro atoms. The molecule has 1 N–H and O–H groups in total. The van der Waals surface area contributed by atoms with Crippen molar-refractivity contribution >= 4 is 11.8 Å². The summed E-state index contributed by atoms with van der Waals surface area (Å²) in [5.41, 5.74) is 3.42. The lowest BCUT2D eigenvalue weighted by Gasteiger charge is -2.45. The zero-order valence-corrected chi connectivity index (χ0v) is 26.7. The molecule has 8 heteroatoms. The quantitative estimate of drug-likeness (QED) is 0.232. The molecule has 3 aliphatic heterocycles. The summed E-state index contributed by atoms with van der Waals surface area (Å²) in [5, 5.41) is 3.42. The van der Waals surface area contributed by atoms with E-state index in [1.54, 1.807) is 0 Å². The van der Waals surface area contributed by atoms with Crippen molar-refractivity contribution in [1.29, 1.82) is 0 Å². The maximum absolute atomic E-state index is 14.8. The minimum atomic E-state index is -0.679. The molecule has 43 heavy (non-hydrogen) atoms. The number of esters is 1. The standard InChI is InChI=1S/C35H50FN3O4/c1-34(2,3)43-33(40)31(29-20-25(36)13-15-28(29)30-16-19-41-23-35(30,4)5)39-21-27(22-39)42-18-8-6-7-11-26-14-12-24-10-9-17-37-32(24)38-26/h12-15,20,27,30-31H,6-11,16-19,21-23H2,1-5H3,(H,37,38). The molecule has 2 fully saturated rings. The minimum absolute atomic E-state index is 0.0508. The summed E-state index contributed by atoms with van der Waals surface area (Å²) >= 11 is 0. The molecule has 1 aromatic heterocycles. The first-order valence-electron chi connectivity index (χ1n) is 16.2. The normalized spacial score (nSPS) is 21.4. The smallest absolute Gasteiger partial charge is 0.328 e. The third-order valence-corrected chi connectivity index (χ3v) is 8.94. The maximum Gasteiger partial charge on any atom is 0.328 e. The number of halogens is 1. The highest BCUT2D eigenvalue weighted by molar-refractivity contribution is 5.79. The van der Waals surface area contributed by atoms with Crippen LogP contribution < -0.4 is 5.32 Å². The van der Waals surface area contributed by atoms with E-state index in [-0.39, 0.29) is 29.2 Å². The van der Waals surface area contributed by atoms with E-state index in [0.717, 1.165) is 62.1 Å². The monoisotopic (exact) mass is 595 g/mol.